The second kappa shape index (κ2) is 11.5. The molecule has 6 heteroatoms. The highest BCUT2D eigenvalue weighted by molar-refractivity contribution is 4.72. The number of likely N-dealkylation sites (N-methyl/N-ethyl adjacent to an activating group) is 4. The smallest absolute Gasteiger partial charge is 0.0110 e. The Balaban J connectivity index is 1.79. The van der Waals surface area contributed by atoms with Gasteiger partial charge >= 0.3 is 0 Å². The summed E-state index contributed by atoms with van der Waals surface area (Å²) in [5.74, 6) is 0. The maximum atomic E-state index is 2.69. The number of hydrogen-bond acceptors (Lipinski definition) is 6. The molecular formula is C19H42N6. The Labute approximate surface area is 156 Å². The van der Waals surface area contributed by atoms with Crippen molar-refractivity contribution >= 4 is 0 Å². The highest BCUT2D eigenvalue weighted by Gasteiger charge is 2.15. The average Bonchev–Trinajstić information content (AvgIpc) is 2.67. The molecule has 2 aliphatic heterocycles. The Hall–Kier alpha value is -0.240. The first kappa shape index (κ1) is 21.1. The van der Waals surface area contributed by atoms with Crippen molar-refractivity contribution in [3.63, 3.8) is 0 Å². The van der Waals surface area contributed by atoms with E-state index in [1.54, 1.807) is 0 Å². The Morgan fingerprint density at radius 1 is 0.400 bits per heavy atom. The van der Waals surface area contributed by atoms with Crippen LogP contribution in [-0.4, -0.2) is 149 Å². The first-order valence-electron chi connectivity index (χ1n) is 10.2. The standard InChI is InChI=1S/C19H42N6/c1-20-6-5-7-24(15-12-21(2)9-8-20)18-19-25-16-13-22(3)10-11-23(4)14-17-25/h5-19H2,1-4H3. The molecule has 148 valence electrons. The number of nitrogens with zero attached hydrogens (tertiary/aromatic N) is 6. The van der Waals surface area contributed by atoms with Crippen LogP contribution >= 0.6 is 0 Å². The van der Waals surface area contributed by atoms with E-state index in [1.165, 1.54) is 98.0 Å². The molecule has 2 rings (SSSR count). The van der Waals surface area contributed by atoms with E-state index in [2.05, 4.69) is 57.6 Å². The number of rotatable bonds is 3. The zero-order valence-electron chi connectivity index (χ0n) is 17.3. The molecular weight excluding hydrogens is 312 g/mol. The Bertz CT molecular complexity index is 339. The lowest BCUT2D eigenvalue weighted by Crippen LogP contribution is -2.44. The van der Waals surface area contributed by atoms with Crippen LogP contribution in [-0.2, 0) is 0 Å². The predicted octanol–water partition coefficient (Wildman–Crippen LogP) is -0.265. The fourth-order valence-corrected chi connectivity index (χ4v) is 3.58. The molecule has 2 fully saturated rings. The molecule has 2 heterocycles. The topological polar surface area (TPSA) is 19.4 Å². The molecule has 0 spiro atoms. The molecule has 0 unspecified atom stereocenters. The minimum atomic E-state index is 1.19. The van der Waals surface area contributed by atoms with E-state index in [9.17, 15) is 0 Å². The molecule has 0 aromatic rings. The van der Waals surface area contributed by atoms with Gasteiger partial charge in [-0.15, -0.1) is 0 Å². The normalized spacial score (nSPS) is 26.9. The zero-order valence-corrected chi connectivity index (χ0v) is 17.3. The monoisotopic (exact) mass is 354 g/mol. The van der Waals surface area contributed by atoms with Crippen LogP contribution in [0, 0.1) is 0 Å². The summed E-state index contributed by atoms with van der Waals surface area (Å²) in [4.78, 5) is 15.3. The summed E-state index contributed by atoms with van der Waals surface area (Å²) in [6, 6.07) is 0. The van der Waals surface area contributed by atoms with Crippen LogP contribution < -0.4 is 0 Å². The van der Waals surface area contributed by atoms with Crippen LogP contribution in [0.2, 0.25) is 0 Å². The van der Waals surface area contributed by atoms with Crippen LogP contribution in [0.1, 0.15) is 6.42 Å². The largest absolute Gasteiger partial charge is 0.305 e. The van der Waals surface area contributed by atoms with E-state index < -0.39 is 0 Å². The molecule has 0 N–H and O–H groups in total. The van der Waals surface area contributed by atoms with Gasteiger partial charge in [-0.3, -0.25) is 4.90 Å². The van der Waals surface area contributed by atoms with Crippen molar-refractivity contribution in [1.82, 2.24) is 29.4 Å². The molecule has 0 amide bonds. The van der Waals surface area contributed by atoms with Crippen LogP contribution in [0.25, 0.3) is 0 Å². The van der Waals surface area contributed by atoms with Gasteiger partial charge in [-0.25, -0.2) is 0 Å². The SMILES string of the molecule is CN1CCCN(CCN2CCN(C)CCN(C)CC2)CCN(C)CC1. The molecule has 0 aromatic carbocycles. The van der Waals surface area contributed by atoms with Gasteiger partial charge in [-0.2, -0.15) is 0 Å². The fourth-order valence-electron chi connectivity index (χ4n) is 3.58. The van der Waals surface area contributed by atoms with Gasteiger partial charge in [0.1, 0.15) is 0 Å². The van der Waals surface area contributed by atoms with Gasteiger partial charge in [-0.1, -0.05) is 0 Å². The molecule has 0 aliphatic carbocycles. The maximum Gasteiger partial charge on any atom is 0.0110 e. The molecule has 0 bridgehead atoms. The van der Waals surface area contributed by atoms with E-state index in [0.717, 1.165) is 0 Å². The lowest BCUT2D eigenvalue weighted by molar-refractivity contribution is 0.154. The zero-order chi connectivity index (χ0) is 18.1. The van der Waals surface area contributed by atoms with Crippen molar-refractivity contribution in [1.29, 1.82) is 0 Å². The summed E-state index contributed by atoms with van der Waals surface area (Å²) in [6.45, 7) is 16.9. The van der Waals surface area contributed by atoms with Gasteiger partial charge in [0.15, 0.2) is 0 Å². The molecule has 0 radical (unpaired) electrons. The highest BCUT2D eigenvalue weighted by atomic mass is 15.3. The Morgan fingerprint density at radius 3 is 1.16 bits per heavy atom. The van der Waals surface area contributed by atoms with E-state index in [1.807, 2.05) is 0 Å². The Kier molecular flexibility index (Phi) is 9.66. The predicted molar refractivity (Wildman–Crippen MR) is 107 cm³/mol. The minimum Gasteiger partial charge on any atom is -0.305 e. The third-order valence-electron chi connectivity index (χ3n) is 5.87. The lowest BCUT2D eigenvalue weighted by atomic mass is 10.3. The first-order valence-corrected chi connectivity index (χ1v) is 10.2. The van der Waals surface area contributed by atoms with Gasteiger partial charge in [0.2, 0.25) is 0 Å². The summed E-state index contributed by atoms with van der Waals surface area (Å²) in [5, 5.41) is 0. The van der Waals surface area contributed by atoms with Crippen LogP contribution in [0.3, 0.4) is 0 Å². The maximum absolute atomic E-state index is 2.69. The van der Waals surface area contributed by atoms with Crippen molar-refractivity contribution in [3.05, 3.63) is 0 Å². The molecule has 2 saturated heterocycles. The van der Waals surface area contributed by atoms with E-state index in [4.69, 9.17) is 0 Å². The highest BCUT2D eigenvalue weighted by Crippen LogP contribution is 2.02. The van der Waals surface area contributed by atoms with Gasteiger partial charge in [0.25, 0.3) is 0 Å². The summed E-state index contributed by atoms with van der Waals surface area (Å²) in [5.41, 5.74) is 0. The van der Waals surface area contributed by atoms with E-state index >= 15 is 0 Å². The molecule has 0 atom stereocenters. The summed E-state index contributed by atoms with van der Waals surface area (Å²) < 4.78 is 0. The molecule has 0 aromatic heterocycles. The van der Waals surface area contributed by atoms with E-state index in [-0.39, 0.29) is 0 Å². The fraction of sp³-hybridized carbons (Fsp3) is 1.00. The Morgan fingerprint density at radius 2 is 0.720 bits per heavy atom. The second-order valence-electron chi connectivity index (χ2n) is 8.25. The van der Waals surface area contributed by atoms with Gasteiger partial charge < -0.3 is 24.5 Å². The van der Waals surface area contributed by atoms with Crippen molar-refractivity contribution in [2.24, 2.45) is 0 Å². The third-order valence-corrected chi connectivity index (χ3v) is 5.87. The summed E-state index contributed by atoms with van der Waals surface area (Å²) in [6.07, 6.45) is 1.30. The van der Waals surface area contributed by atoms with E-state index in [0.29, 0.717) is 0 Å². The molecule has 0 saturated carbocycles. The van der Waals surface area contributed by atoms with Crippen molar-refractivity contribution in [3.8, 4) is 0 Å². The van der Waals surface area contributed by atoms with Crippen LogP contribution in [0.4, 0.5) is 0 Å². The number of hydrogen-bond donors (Lipinski definition) is 0. The van der Waals surface area contributed by atoms with Crippen LogP contribution in [0.5, 0.6) is 0 Å². The third kappa shape index (κ3) is 8.80. The van der Waals surface area contributed by atoms with Gasteiger partial charge in [0.05, 0.1) is 0 Å². The van der Waals surface area contributed by atoms with Gasteiger partial charge in [-0.05, 0) is 47.7 Å². The molecule has 6 nitrogen and oxygen atoms in total. The quantitative estimate of drug-likeness (QED) is 0.690. The molecule has 25 heavy (non-hydrogen) atoms. The van der Waals surface area contributed by atoms with Crippen LogP contribution in [0.15, 0.2) is 0 Å². The second-order valence-corrected chi connectivity index (χ2v) is 8.25. The molecule has 2 aliphatic rings. The average molecular weight is 355 g/mol. The van der Waals surface area contributed by atoms with Crippen molar-refractivity contribution in [2.45, 2.75) is 6.42 Å². The lowest BCUT2D eigenvalue weighted by Gasteiger charge is -2.32. The van der Waals surface area contributed by atoms with Gasteiger partial charge in [0, 0.05) is 78.5 Å². The van der Waals surface area contributed by atoms with Crippen molar-refractivity contribution < 1.29 is 0 Å². The van der Waals surface area contributed by atoms with Crippen molar-refractivity contribution in [2.75, 3.05) is 120 Å². The summed E-state index contributed by atoms with van der Waals surface area (Å²) in [7, 11) is 9.04. The first-order chi connectivity index (χ1) is 12.0. The summed E-state index contributed by atoms with van der Waals surface area (Å²) >= 11 is 0. The minimum absolute atomic E-state index is 1.19.